The topological polar surface area (TPSA) is 113 Å². The van der Waals surface area contributed by atoms with Gasteiger partial charge in [0.2, 0.25) is 5.91 Å². The Labute approximate surface area is 167 Å². The van der Waals surface area contributed by atoms with Gasteiger partial charge in [0.1, 0.15) is 0 Å². The molecule has 1 aromatic carbocycles. The summed E-state index contributed by atoms with van der Waals surface area (Å²) in [6.45, 7) is 2.46. The predicted molar refractivity (Wildman–Crippen MR) is 106 cm³/mol. The number of carbonyl (C=O) groups is 1. The van der Waals surface area contributed by atoms with E-state index in [-0.39, 0.29) is 11.7 Å². The Bertz CT molecular complexity index is 784. The van der Waals surface area contributed by atoms with Crippen LogP contribution in [0.3, 0.4) is 0 Å². The molecule has 0 unspecified atom stereocenters. The van der Waals surface area contributed by atoms with Crippen LogP contribution in [0.25, 0.3) is 0 Å². The van der Waals surface area contributed by atoms with Crippen LogP contribution >= 0.6 is 39.5 Å². The third-order valence-corrected chi connectivity index (χ3v) is 5.48. The first-order valence-electron chi connectivity index (χ1n) is 7.51. The molecular weight excluding hydrogens is 442 g/mol. The number of hydrogen-bond acceptors (Lipinski definition) is 8. The molecule has 0 atom stereocenters. The van der Waals surface area contributed by atoms with Gasteiger partial charge in [0.15, 0.2) is 16.6 Å². The van der Waals surface area contributed by atoms with Crippen molar-refractivity contribution in [3.63, 3.8) is 0 Å². The maximum atomic E-state index is 11.4. The lowest BCUT2D eigenvalue weighted by Gasteiger charge is -2.05. The molecule has 0 bridgehead atoms. The normalized spacial score (nSPS) is 11.5. The Morgan fingerprint density at radius 3 is 2.92 bits per heavy atom. The van der Waals surface area contributed by atoms with Gasteiger partial charge in [-0.2, -0.15) is 11.8 Å². The molecule has 0 saturated heterocycles. The summed E-state index contributed by atoms with van der Waals surface area (Å²) in [6.07, 6.45) is 1.87. The summed E-state index contributed by atoms with van der Waals surface area (Å²) in [5, 5.41) is 20.3. The fourth-order valence-corrected chi connectivity index (χ4v) is 3.34. The minimum atomic E-state index is -0.0131. The fraction of sp³-hybridized carbons (Fsp3) is 0.333. The third kappa shape index (κ3) is 6.01. The van der Waals surface area contributed by atoms with Crippen LogP contribution in [-0.2, 0) is 4.79 Å². The van der Waals surface area contributed by atoms with Crippen molar-refractivity contribution in [3.8, 4) is 0 Å². The number of amides is 1. The number of nitrogens with zero attached hydrogens (tertiary/aromatic N) is 3. The Balaban J connectivity index is 2.05. The Morgan fingerprint density at radius 1 is 1.42 bits per heavy atom. The molecule has 0 radical (unpaired) electrons. The van der Waals surface area contributed by atoms with E-state index in [2.05, 4.69) is 36.6 Å². The number of nitrogens with one attached hydrogen (secondary N) is 2. The van der Waals surface area contributed by atoms with Gasteiger partial charge in [-0.1, -0.05) is 33.8 Å². The van der Waals surface area contributed by atoms with Crippen molar-refractivity contribution in [2.75, 3.05) is 24.3 Å². The average Bonchev–Trinajstić information content (AvgIpc) is 3.08. The van der Waals surface area contributed by atoms with Crippen molar-refractivity contribution >= 4 is 56.9 Å². The van der Waals surface area contributed by atoms with Crippen LogP contribution in [0.1, 0.15) is 11.3 Å². The standard InChI is InChI=1S/C15H18BrN5O3S2/c1-9-3-4-10(7-11(9)16)18-14(19-23)13-15(21-24-20-13)26-6-5-17-12(22)8-25-2/h3-4,7,23H,5-6,8H2,1-2H3,(H,17,22)(H,18,19). The Kier molecular flexibility index (Phi) is 8.42. The van der Waals surface area contributed by atoms with Crippen LogP contribution in [-0.4, -0.2) is 51.6 Å². The molecule has 26 heavy (non-hydrogen) atoms. The predicted octanol–water partition coefficient (Wildman–Crippen LogP) is 2.77. The minimum Gasteiger partial charge on any atom is -0.355 e. The second-order valence-corrected chi connectivity index (χ2v) is 7.86. The molecule has 1 heterocycles. The van der Waals surface area contributed by atoms with Gasteiger partial charge >= 0.3 is 0 Å². The van der Waals surface area contributed by atoms with Gasteiger partial charge < -0.3 is 5.32 Å². The van der Waals surface area contributed by atoms with E-state index in [9.17, 15) is 10.0 Å². The van der Waals surface area contributed by atoms with Crippen molar-refractivity contribution in [3.05, 3.63) is 33.9 Å². The number of rotatable bonds is 8. The van der Waals surface area contributed by atoms with Crippen molar-refractivity contribution < 1.29 is 14.6 Å². The Morgan fingerprint density at radius 2 is 2.23 bits per heavy atom. The summed E-state index contributed by atoms with van der Waals surface area (Å²) in [5.41, 5.74) is 4.04. The zero-order valence-electron chi connectivity index (χ0n) is 14.2. The van der Waals surface area contributed by atoms with Crippen LogP contribution in [0.4, 0.5) is 5.69 Å². The number of hydrogen-bond donors (Lipinski definition) is 3. The van der Waals surface area contributed by atoms with Crippen molar-refractivity contribution in [2.24, 2.45) is 4.99 Å². The number of amidine groups is 1. The molecule has 1 aromatic heterocycles. The number of aryl methyl sites for hydroxylation is 1. The molecule has 0 fully saturated rings. The molecule has 2 aromatic rings. The minimum absolute atomic E-state index is 0.0131. The van der Waals surface area contributed by atoms with Gasteiger partial charge in [0.25, 0.3) is 0 Å². The lowest BCUT2D eigenvalue weighted by molar-refractivity contribution is -0.118. The van der Waals surface area contributed by atoms with Gasteiger partial charge in [0, 0.05) is 16.8 Å². The van der Waals surface area contributed by atoms with Crippen LogP contribution in [0.15, 0.2) is 37.3 Å². The van der Waals surface area contributed by atoms with Crippen LogP contribution < -0.4 is 10.8 Å². The number of benzene rings is 1. The molecule has 3 N–H and O–H groups in total. The highest BCUT2D eigenvalue weighted by Crippen LogP contribution is 2.24. The molecular formula is C15H18BrN5O3S2. The van der Waals surface area contributed by atoms with Crippen LogP contribution in [0.2, 0.25) is 0 Å². The van der Waals surface area contributed by atoms with Gasteiger partial charge in [-0.15, -0.1) is 0 Å². The highest BCUT2D eigenvalue weighted by atomic mass is 79.9. The van der Waals surface area contributed by atoms with Crippen LogP contribution in [0.5, 0.6) is 0 Å². The van der Waals surface area contributed by atoms with Gasteiger partial charge in [-0.3, -0.25) is 15.5 Å². The molecule has 0 aliphatic carbocycles. The molecule has 0 aliphatic rings. The summed E-state index contributed by atoms with van der Waals surface area (Å²) in [5.74, 6) is 1.12. The SMILES string of the molecule is CSCC(=O)NCCSc1nonc1C(=Nc1ccc(C)c(Br)c1)NO. The molecule has 11 heteroatoms. The van der Waals surface area contributed by atoms with Crippen molar-refractivity contribution in [1.82, 2.24) is 21.1 Å². The monoisotopic (exact) mass is 459 g/mol. The number of carbonyl (C=O) groups excluding carboxylic acids is 1. The molecule has 8 nitrogen and oxygen atoms in total. The summed E-state index contributed by atoms with van der Waals surface area (Å²) >= 11 is 6.26. The second kappa shape index (κ2) is 10.6. The van der Waals surface area contributed by atoms with E-state index in [1.54, 1.807) is 0 Å². The molecule has 140 valence electrons. The van der Waals surface area contributed by atoms with Crippen molar-refractivity contribution in [2.45, 2.75) is 11.9 Å². The smallest absolute Gasteiger partial charge is 0.230 e. The summed E-state index contributed by atoms with van der Waals surface area (Å²) in [6, 6.07) is 5.55. The molecule has 0 saturated carbocycles. The summed E-state index contributed by atoms with van der Waals surface area (Å²) in [4.78, 5) is 15.8. The molecule has 1 amide bonds. The highest BCUT2D eigenvalue weighted by Gasteiger charge is 2.17. The largest absolute Gasteiger partial charge is 0.355 e. The van der Waals surface area contributed by atoms with Gasteiger partial charge in [-0.05, 0) is 41.2 Å². The number of aliphatic imine (C=N–C) groups is 1. The number of aromatic nitrogens is 2. The van der Waals surface area contributed by atoms with Gasteiger partial charge in [0.05, 0.1) is 11.4 Å². The Hall–Kier alpha value is -1.56. The fourth-order valence-electron chi connectivity index (χ4n) is 1.85. The van der Waals surface area contributed by atoms with Crippen LogP contribution in [0, 0.1) is 6.92 Å². The highest BCUT2D eigenvalue weighted by molar-refractivity contribution is 9.10. The zero-order valence-corrected chi connectivity index (χ0v) is 17.4. The molecule has 2 rings (SSSR count). The van der Waals surface area contributed by atoms with E-state index < -0.39 is 0 Å². The number of hydroxylamine groups is 1. The first kappa shape index (κ1) is 20.7. The average molecular weight is 460 g/mol. The molecule has 0 aliphatic heterocycles. The first-order chi connectivity index (χ1) is 12.5. The quantitative estimate of drug-likeness (QED) is 0.181. The lowest BCUT2D eigenvalue weighted by Crippen LogP contribution is -2.27. The number of thioether (sulfide) groups is 2. The van der Waals surface area contributed by atoms with E-state index >= 15 is 0 Å². The summed E-state index contributed by atoms with van der Waals surface area (Å²) < 4.78 is 5.68. The number of halogens is 1. The molecule has 0 spiro atoms. The lowest BCUT2D eigenvalue weighted by atomic mass is 10.2. The summed E-state index contributed by atoms with van der Waals surface area (Å²) in [7, 11) is 0. The van der Waals surface area contributed by atoms with Crippen molar-refractivity contribution in [1.29, 1.82) is 0 Å². The zero-order chi connectivity index (χ0) is 18.9. The maximum Gasteiger partial charge on any atom is 0.230 e. The van der Waals surface area contributed by atoms with E-state index in [4.69, 9.17) is 4.63 Å². The van der Waals surface area contributed by atoms with E-state index in [1.165, 1.54) is 23.5 Å². The first-order valence-corrected chi connectivity index (χ1v) is 10.7. The van der Waals surface area contributed by atoms with Gasteiger partial charge in [-0.25, -0.2) is 9.62 Å². The van der Waals surface area contributed by atoms with E-state index in [0.717, 1.165) is 10.0 Å². The maximum absolute atomic E-state index is 11.4. The van der Waals surface area contributed by atoms with E-state index in [0.29, 0.717) is 34.5 Å². The third-order valence-electron chi connectivity index (χ3n) is 3.12. The second-order valence-electron chi connectivity index (χ2n) is 5.06. The van der Waals surface area contributed by atoms with E-state index in [1.807, 2.05) is 36.9 Å².